The number of methoxy groups -OCH3 is 1. The third-order valence-corrected chi connectivity index (χ3v) is 5.05. The number of amides is 1. The van der Waals surface area contributed by atoms with E-state index in [1.807, 2.05) is 24.3 Å². The van der Waals surface area contributed by atoms with Crippen molar-refractivity contribution in [2.75, 3.05) is 7.11 Å². The lowest BCUT2D eigenvalue weighted by Crippen LogP contribution is -2.17. The monoisotopic (exact) mass is 462 g/mol. The standard InChI is InChI=1S/C22H17Cl3N2O3/c1-29-21-10-15(4-9-20(21)30-13-14-2-6-17(23)7-3-14)12-26-27-22(28)16-5-8-18(24)19(25)11-16/h2-12H,13H2,1H3,(H,27,28). The fraction of sp³-hybridized carbons (Fsp3) is 0.0909. The number of ether oxygens (including phenoxy) is 2. The molecule has 3 aromatic carbocycles. The minimum atomic E-state index is -0.403. The Hall–Kier alpha value is -2.73. The maximum absolute atomic E-state index is 12.1. The van der Waals surface area contributed by atoms with Gasteiger partial charge in [-0.25, -0.2) is 5.43 Å². The van der Waals surface area contributed by atoms with Crippen LogP contribution >= 0.6 is 34.8 Å². The Morgan fingerprint density at radius 2 is 1.73 bits per heavy atom. The van der Waals surface area contributed by atoms with E-state index in [2.05, 4.69) is 10.5 Å². The van der Waals surface area contributed by atoms with Crippen LogP contribution in [0.2, 0.25) is 15.1 Å². The summed E-state index contributed by atoms with van der Waals surface area (Å²) in [6, 6.07) is 17.3. The molecule has 0 fully saturated rings. The molecular formula is C22H17Cl3N2O3. The van der Waals surface area contributed by atoms with E-state index in [9.17, 15) is 4.79 Å². The zero-order valence-corrected chi connectivity index (χ0v) is 18.1. The van der Waals surface area contributed by atoms with Crippen molar-refractivity contribution in [1.29, 1.82) is 0 Å². The van der Waals surface area contributed by atoms with E-state index < -0.39 is 5.91 Å². The van der Waals surface area contributed by atoms with Crippen molar-refractivity contribution in [2.24, 2.45) is 5.10 Å². The molecule has 3 aromatic rings. The first kappa shape index (κ1) is 22.0. The molecule has 8 heteroatoms. The number of rotatable bonds is 7. The fourth-order valence-electron chi connectivity index (χ4n) is 2.49. The summed E-state index contributed by atoms with van der Waals surface area (Å²) in [5.41, 5.74) is 4.50. The van der Waals surface area contributed by atoms with Crippen molar-refractivity contribution in [3.8, 4) is 11.5 Å². The predicted octanol–water partition coefficient (Wildman–Crippen LogP) is 6.00. The molecule has 0 aliphatic rings. The predicted molar refractivity (Wildman–Crippen MR) is 120 cm³/mol. The van der Waals surface area contributed by atoms with Gasteiger partial charge in [-0.05, 0) is 59.7 Å². The summed E-state index contributed by atoms with van der Waals surface area (Å²) in [4.78, 5) is 12.1. The van der Waals surface area contributed by atoms with Crippen LogP contribution in [0.4, 0.5) is 0 Å². The minimum Gasteiger partial charge on any atom is -0.493 e. The lowest BCUT2D eigenvalue weighted by molar-refractivity contribution is 0.0955. The molecule has 0 atom stereocenters. The van der Waals surface area contributed by atoms with Crippen LogP contribution in [-0.2, 0) is 6.61 Å². The molecule has 0 bridgehead atoms. The van der Waals surface area contributed by atoms with Crippen LogP contribution in [0.3, 0.4) is 0 Å². The Bertz CT molecular complexity index is 1070. The lowest BCUT2D eigenvalue weighted by Gasteiger charge is -2.11. The number of nitrogens with one attached hydrogen (secondary N) is 1. The van der Waals surface area contributed by atoms with E-state index >= 15 is 0 Å². The Kier molecular flexibility index (Phi) is 7.57. The van der Waals surface area contributed by atoms with Crippen LogP contribution in [0.15, 0.2) is 65.8 Å². The highest BCUT2D eigenvalue weighted by Crippen LogP contribution is 2.28. The number of carbonyl (C=O) groups excluding carboxylic acids is 1. The Morgan fingerprint density at radius 1 is 0.967 bits per heavy atom. The summed E-state index contributed by atoms with van der Waals surface area (Å²) >= 11 is 17.7. The van der Waals surface area contributed by atoms with E-state index in [1.165, 1.54) is 12.3 Å². The van der Waals surface area contributed by atoms with E-state index in [1.54, 1.807) is 37.4 Å². The number of benzene rings is 3. The SMILES string of the molecule is COc1cc(C=NNC(=O)c2ccc(Cl)c(Cl)c2)ccc1OCc1ccc(Cl)cc1. The van der Waals surface area contributed by atoms with E-state index in [4.69, 9.17) is 44.3 Å². The van der Waals surface area contributed by atoms with Gasteiger partial charge in [0.15, 0.2) is 11.5 Å². The first-order chi connectivity index (χ1) is 14.5. The maximum atomic E-state index is 12.1. The van der Waals surface area contributed by atoms with Gasteiger partial charge in [0.2, 0.25) is 0 Å². The normalized spacial score (nSPS) is 10.8. The van der Waals surface area contributed by atoms with Crippen molar-refractivity contribution in [3.63, 3.8) is 0 Å². The molecule has 0 saturated carbocycles. The number of hydrogen-bond donors (Lipinski definition) is 1. The number of carbonyl (C=O) groups is 1. The molecule has 0 heterocycles. The largest absolute Gasteiger partial charge is 0.493 e. The van der Waals surface area contributed by atoms with Gasteiger partial charge in [-0.2, -0.15) is 5.10 Å². The van der Waals surface area contributed by atoms with Crippen LogP contribution < -0.4 is 14.9 Å². The smallest absolute Gasteiger partial charge is 0.271 e. The molecule has 3 rings (SSSR count). The molecule has 1 N–H and O–H groups in total. The van der Waals surface area contributed by atoms with Crippen molar-refractivity contribution in [2.45, 2.75) is 6.61 Å². The van der Waals surface area contributed by atoms with E-state index in [0.717, 1.165) is 11.1 Å². The molecule has 0 aliphatic carbocycles. The number of hydrogen-bond acceptors (Lipinski definition) is 4. The summed E-state index contributed by atoms with van der Waals surface area (Å²) in [7, 11) is 1.55. The number of hydrazone groups is 1. The van der Waals surface area contributed by atoms with Gasteiger partial charge in [0.25, 0.3) is 5.91 Å². The molecule has 0 radical (unpaired) electrons. The third-order valence-electron chi connectivity index (χ3n) is 4.06. The fourth-order valence-corrected chi connectivity index (χ4v) is 2.92. The highest BCUT2D eigenvalue weighted by Gasteiger charge is 2.08. The molecule has 0 saturated heterocycles. The summed E-state index contributed by atoms with van der Waals surface area (Å²) in [6.45, 7) is 0.376. The summed E-state index contributed by atoms with van der Waals surface area (Å²) in [6.07, 6.45) is 1.50. The Morgan fingerprint density at radius 3 is 2.43 bits per heavy atom. The minimum absolute atomic E-state index is 0.298. The summed E-state index contributed by atoms with van der Waals surface area (Å²) in [5, 5.41) is 5.32. The quantitative estimate of drug-likeness (QED) is 0.345. The second-order valence-electron chi connectivity index (χ2n) is 6.15. The molecule has 0 spiro atoms. The second kappa shape index (κ2) is 10.3. The summed E-state index contributed by atoms with van der Waals surface area (Å²) < 4.78 is 11.2. The first-order valence-corrected chi connectivity index (χ1v) is 9.93. The third kappa shape index (κ3) is 5.89. The summed E-state index contributed by atoms with van der Waals surface area (Å²) in [5.74, 6) is 0.730. The van der Waals surface area contributed by atoms with Crippen molar-refractivity contribution >= 4 is 46.9 Å². The van der Waals surface area contributed by atoms with Gasteiger partial charge in [-0.1, -0.05) is 46.9 Å². The zero-order chi connectivity index (χ0) is 21.5. The molecule has 0 aliphatic heterocycles. The van der Waals surface area contributed by atoms with Gasteiger partial charge in [0.05, 0.1) is 23.4 Å². The van der Waals surface area contributed by atoms with Crippen LogP contribution in [0.5, 0.6) is 11.5 Å². The highest BCUT2D eigenvalue weighted by molar-refractivity contribution is 6.42. The van der Waals surface area contributed by atoms with E-state index in [-0.39, 0.29) is 0 Å². The average molecular weight is 464 g/mol. The molecule has 0 aromatic heterocycles. The van der Waals surface area contributed by atoms with Gasteiger partial charge < -0.3 is 9.47 Å². The number of nitrogens with zero attached hydrogens (tertiary/aromatic N) is 1. The first-order valence-electron chi connectivity index (χ1n) is 8.80. The second-order valence-corrected chi connectivity index (χ2v) is 7.40. The van der Waals surface area contributed by atoms with Gasteiger partial charge in [0.1, 0.15) is 6.61 Å². The zero-order valence-electron chi connectivity index (χ0n) is 15.9. The topological polar surface area (TPSA) is 59.9 Å². The lowest BCUT2D eigenvalue weighted by atomic mass is 10.2. The molecule has 30 heavy (non-hydrogen) atoms. The molecule has 5 nitrogen and oxygen atoms in total. The van der Waals surface area contributed by atoms with Gasteiger partial charge >= 0.3 is 0 Å². The van der Waals surface area contributed by atoms with Gasteiger partial charge in [-0.15, -0.1) is 0 Å². The van der Waals surface area contributed by atoms with Crippen molar-refractivity contribution < 1.29 is 14.3 Å². The van der Waals surface area contributed by atoms with Crippen LogP contribution in [-0.4, -0.2) is 19.2 Å². The maximum Gasteiger partial charge on any atom is 0.271 e. The Labute approximate surface area is 189 Å². The van der Waals surface area contributed by atoms with Crippen molar-refractivity contribution in [1.82, 2.24) is 5.43 Å². The van der Waals surface area contributed by atoms with Crippen LogP contribution in [0.1, 0.15) is 21.5 Å². The average Bonchev–Trinajstić information content (AvgIpc) is 2.75. The molecule has 154 valence electrons. The van der Waals surface area contributed by atoms with E-state index in [0.29, 0.717) is 38.7 Å². The van der Waals surface area contributed by atoms with Gasteiger partial charge in [-0.3, -0.25) is 4.79 Å². The van der Waals surface area contributed by atoms with Gasteiger partial charge in [0, 0.05) is 10.6 Å². The molecule has 0 unspecified atom stereocenters. The Balaban J connectivity index is 1.62. The number of halogens is 3. The highest BCUT2D eigenvalue weighted by atomic mass is 35.5. The van der Waals surface area contributed by atoms with Crippen LogP contribution in [0, 0.1) is 0 Å². The molecule has 1 amide bonds. The molecular weight excluding hydrogens is 447 g/mol. The van der Waals surface area contributed by atoms with Crippen LogP contribution in [0.25, 0.3) is 0 Å². The van der Waals surface area contributed by atoms with Crippen molar-refractivity contribution in [3.05, 3.63) is 92.4 Å².